The number of aromatic nitrogens is 5. The fourth-order valence-electron chi connectivity index (χ4n) is 4.56. The lowest BCUT2D eigenvalue weighted by molar-refractivity contribution is -0.137. The van der Waals surface area contributed by atoms with Crippen molar-refractivity contribution in [2.45, 2.75) is 33.1 Å². The average Bonchev–Trinajstić information content (AvgIpc) is 3.47. The zero-order chi connectivity index (χ0) is 25.4. The minimum atomic E-state index is -4.36. The molecular formula is C25H26F3N7O. The van der Waals surface area contributed by atoms with Crippen molar-refractivity contribution in [3.63, 3.8) is 0 Å². The van der Waals surface area contributed by atoms with Crippen molar-refractivity contribution >= 4 is 11.6 Å². The van der Waals surface area contributed by atoms with Gasteiger partial charge >= 0.3 is 6.18 Å². The maximum atomic E-state index is 13.3. The molecule has 1 aromatic carbocycles. The molecule has 8 nitrogen and oxygen atoms in total. The maximum Gasteiger partial charge on any atom is 0.416 e. The minimum Gasteiger partial charge on any atom is -0.336 e. The Bertz CT molecular complexity index is 1400. The molecule has 11 heteroatoms. The van der Waals surface area contributed by atoms with Gasteiger partial charge in [-0.2, -0.15) is 23.4 Å². The summed E-state index contributed by atoms with van der Waals surface area (Å²) in [6.45, 7) is 7.17. The van der Waals surface area contributed by atoms with Crippen LogP contribution in [0.2, 0.25) is 0 Å². The molecule has 36 heavy (non-hydrogen) atoms. The van der Waals surface area contributed by atoms with E-state index in [9.17, 15) is 18.0 Å². The highest BCUT2D eigenvalue weighted by atomic mass is 19.4. The Morgan fingerprint density at radius 1 is 1.11 bits per heavy atom. The number of rotatable bonds is 5. The van der Waals surface area contributed by atoms with E-state index in [2.05, 4.69) is 20.1 Å². The van der Waals surface area contributed by atoms with Gasteiger partial charge in [0.15, 0.2) is 5.65 Å². The number of alkyl halides is 3. The van der Waals surface area contributed by atoms with Gasteiger partial charge in [-0.05, 0) is 31.5 Å². The van der Waals surface area contributed by atoms with Crippen molar-refractivity contribution in [3.05, 3.63) is 71.3 Å². The molecule has 0 radical (unpaired) electrons. The Morgan fingerprint density at radius 3 is 2.58 bits per heavy atom. The van der Waals surface area contributed by atoms with Crippen molar-refractivity contribution < 1.29 is 18.0 Å². The van der Waals surface area contributed by atoms with Crippen molar-refractivity contribution in [3.8, 4) is 11.3 Å². The molecule has 0 aliphatic carbocycles. The maximum absolute atomic E-state index is 13.3. The van der Waals surface area contributed by atoms with Gasteiger partial charge in [0.2, 0.25) is 0 Å². The third-order valence-electron chi connectivity index (χ3n) is 6.50. The first-order valence-corrected chi connectivity index (χ1v) is 11.8. The minimum absolute atomic E-state index is 0.158. The van der Waals surface area contributed by atoms with Gasteiger partial charge in [0.1, 0.15) is 5.56 Å². The number of nitrogens with zero attached hydrogens (tertiary/aromatic N) is 7. The number of carbonyl (C=O) groups is 1. The van der Waals surface area contributed by atoms with Crippen LogP contribution in [0.25, 0.3) is 16.9 Å². The van der Waals surface area contributed by atoms with Gasteiger partial charge in [-0.15, -0.1) is 0 Å². The molecule has 1 aliphatic heterocycles. The van der Waals surface area contributed by atoms with Crippen LogP contribution in [0.3, 0.4) is 0 Å². The van der Waals surface area contributed by atoms with Crippen LogP contribution in [0.1, 0.15) is 34.1 Å². The van der Waals surface area contributed by atoms with Gasteiger partial charge in [-0.25, -0.2) is 9.50 Å². The van der Waals surface area contributed by atoms with Gasteiger partial charge in [0, 0.05) is 57.2 Å². The molecule has 5 rings (SSSR count). The highest BCUT2D eigenvalue weighted by Crippen LogP contribution is 2.30. The van der Waals surface area contributed by atoms with Crippen LogP contribution in [0.5, 0.6) is 0 Å². The summed E-state index contributed by atoms with van der Waals surface area (Å²) in [5.41, 5.74) is 3.45. The normalized spacial score (nSPS) is 15.1. The summed E-state index contributed by atoms with van der Waals surface area (Å²) in [4.78, 5) is 21.6. The molecule has 0 unspecified atom stereocenters. The number of amides is 1. The Morgan fingerprint density at radius 2 is 1.89 bits per heavy atom. The highest BCUT2D eigenvalue weighted by Gasteiger charge is 2.31. The summed E-state index contributed by atoms with van der Waals surface area (Å²) in [6, 6.07) is 7.24. The molecule has 0 N–H and O–H groups in total. The Hall–Kier alpha value is -3.73. The van der Waals surface area contributed by atoms with E-state index in [1.165, 1.54) is 12.1 Å². The lowest BCUT2D eigenvalue weighted by atomic mass is 10.1. The summed E-state index contributed by atoms with van der Waals surface area (Å²) in [6.07, 6.45) is 0.803. The van der Waals surface area contributed by atoms with Crippen molar-refractivity contribution in [1.29, 1.82) is 0 Å². The second kappa shape index (κ2) is 9.38. The Kier molecular flexibility index (Phi) is 6.25. The molecule has 4 heterocycles. The van der Waals surface area contributed by atoms with Gasteiger partial charge in [0.05, 0.1) is 23.1 Å². The fourth-order valence-corrected chi connectivity index (χ4v) is 4.56. The lowest BCUT2D eigenvalue weighted by Crippen LogP contribution is -2.48. The van der Waals surface area contributed by atoms with Gasteiger partial charge in [0.25, 0.3) is 5.91 Å². The molecule has 0 atom stereocenters. The van der Waals surface area contributed by atoms with E-state index in [-0.39, 0.29) is 5.91 Å². The van der Waals surface area contributed by atoms with Crippen LogP contribution in [0.15, 0.2) is 48.9 Å². The largest absolute Gasteiger partial charge is 0.416 e. The summed E-state index contributed by atoms with van der Waals surface area (Å²) < 4.78 is 42.6. The van der Waals surface area contributed by atoms with Crippen LogP contribution in [0, 0.1) is 6.92 Å². The van der Waals surface area contributed by atoms with Crippen LogP contribution < -0.4 is 0 Å². The number of carbonyl (C=O) groups excluding carboxylic acids is 1. The van der Waals surface area contributed by atoms with Crippen molar-refractivity contribution in [2.75, 3.05) is 26.2 Å². The van der Waals surface area contributed by atoms with Crippen LogP contribution in [-0.2, 0) is 19.3 Å². The zero-order valence-electron chi connectivity index (χ0n) is 20.0. The van der Waals surface area contributed by atoms with E-state index < -0.39 is 11.7 Å². The standard InChI is InChI=1S/C25H26F3N7O/c1-3-34-16-21(17(2)31-34)22-7-8-29-23-20(14-30-35(22)23)24(36)33-11-9-32(10-12-33)15-18-5-4-6-19(13-18)25(26,27)28/h4-8,13-14,16H,3,9-12,15H2,1-2H3. The smallest absolute Gasteiger partial charge is 0.336 e. The number of benzene rings is 1. The predicted octanol–water partition coefficient (Wildman–Crippen LogP) is 3.90. The molecular weight excluding hydrogens is 471 g/mol. The number of hydrogen-bond acceptors (Lipinski definition) is 5. The van der Waals surface area contributed by atoms with E-state index in [1.807, 2.05) is 30.8 Å². The van der Waals surface area contributed by atoms with E-state index in [1.54, 1.807) is 27.9 Å². The first-order chi connectivity index (χ1) is 17.2. The summed E-state index contributed by atoms with van der Waals surface area (Å²) >= 11 is 0. The van der Waals surface area contributed by atoms with Crippen molar-refractivity contribution in [2.24, 2.45) is 0 Å². The van der Waals surface area contributed by atoms with Crippen LogP contribution in [0.4, 0.5) is 13.2 Å². The van der Waals surface area contributed by atoms with E-state index in [4.69, 9.17) is 0 Å². The summed E-state index contributed by atoms with van der Waals surface area (Å²) in [5.74, 6) is -0.158. The molecule has 4 aromatic rings. The molecule has 1 aliphatic rings. The highest BCUT2D eigenvalue weighted by molar-refractivity contribution is 6.00. The first-order valence-electron chi connectivity index (χ1n) is 11.8. The van der Waals surface area contributed by atoms with Crippen LogP contribution >= 0.6 is 0 Å². The summed E-state index contributed by atoms with van der Waals surface area (Å²) in [5, 5.41) is 8.95. The first kappa shape index (κ1) is 24.0. The molecule has 1 fully saturated rings. The lowest BCUT2D eigenvalue weighted by Gasteiger charge is -2.34. The molecule has 3 aromatic heterocycles. The molecule has 0 spiro atoms. The Balaban J connectivity index is 1.29. The average molecular weight is 498 g/mol. The van der Waals surface area contributed by atoms with Gasteiger partial charge in [-0.1, -0.05) is 18.2 Å². The second-order valence-corrected chi connectivity index (χ2v) is 8.87. The van der Waals surface area contributed by atoms with Crippen molar-refractivity contribution in [1.82, 2.24) is 34.2 Å². The number of piperazine rings is 1. The summed E-state index contributed by atoms with van der Waals surface area (Å²) in [7, 11) is 0. The van der Waals surface area contributed by atoms with Gasteiger partial charge < -0.3 is 4.90 Å². The van der Waals surface area contributed by atoms with E-state index in [0.717, 1.165) is 29.6 Å². The quantitative estimate of drug-likeness (QED) is 0.418. The fraction of sp³-hybridized carbons (Fsp3) is 0.360. The number of aryl methyl sites for hydroxylation is 2. The third kappa shape index (κ3) is 4.58. The SMILES string of the molecule is CCn1cc(-c2ccnc3c(C(=O)N4CCN(Cc5cccc(C(F)(F)F)c5)CC4)cnn23)c(C)n1. The zero-order valence-corrected chi connectivity index (χ0v) is 20.0. The number of fused-ring (bicyclic) bond motifs is 1. The van der Waals surface area contributed by atoms with E-state index >= 15 is 0 Å². The second-order valence-electron chi connectivity index (χ2n) is 8.87. The monoisotopic (exact) mass is 497 g/mol. The molecule has 1 amide bonds. The molecule has 1 saturated heterocycles. The third-order valence-corrected chi connectivity index (χ3v) is 6.50. The van der Waals surface area contributed by atoms with Gasteiger partial charge in [-0.3, -0.25) is 14.4 Å². The molecule has 0 saturated carbocycles. The van der Waals surface area contributed by atoms with E-state index in [0.29, 0.717) is 49.5 Å². The number of halogens is 3. The van der Waals surface area contributed by atoms with Crippen LogP contribution in [-0.4, -0.2) is 66.3 Å². The topological polar surface area (TPSA) is 71.6 Å². The number of hydrogen-bond donors (Lipinski definition) is 0. The Labute approximate surface area is 206 Å². The molecule has 188 valence electrons. The molecule has 0 bridgehead atoms. The predicted molar refractivity (Wildman–Crippen MR) is 127 cm³/mol.